The maximum atomic E-state index is 13.4. The molecule has 1 heterocycles. The summed E-state index contributed by atoms with van der Waals surface area (Å²) in [4.78, 5) is 28.0. The fourth-order valence-electron chi connectivity index (χ4n) is 3.41. The van der Waals surface area contributed by atoms with Crippen LogP contribution in [0.15, 0.2) is 84.6 Å². The maximum absolute atomic E-state index is 13.4. The molecule has 150 valence electrons. The number of imide groups is 1. The van der Waals surface area contributed by atoms with Gasteiger partial charge in [0.05, 0.1) is 17.9 Å². The Hall–Kier alpha value is -3.86. The van der Waals surface area contributed by atoms with Crippen LogP contribution in [0, 0.1) is 6.92 Å². The number of benzene rings is 3. The van der Waals surface area contributed by atoms with Crippen molar-refractivity contribution in [3.8, 4) is 5.75 Å². The molecule has 0 radical (unpaired) electrons. The Morgan fingerprint density at radius 2 is 1.60 bits per heavy atom. The van der Waals surface area contributed by atoms with E-state index in [0.29, 0.717) is 29.2 Å². The van der Waals surface area contributed by atoms with Crippen LogP contribution in [0.1, 0.15) is 18.1 Å². The average Bonchev–Trinajstić information content (AvgIpc) is 2.99. The lowest BCUT2D eigenvalue weighted by atomic mass is 10.0. The molecule has 0 spiro atoms. The number of hydrogen-bond donors (Lipinski definition) is 1. The molecule has 3 aromatic carbocycles. The van der Waals surface area contributed by atoms with Gasteiger partial charge in [0.1, 0.15) is 11.4 Å². The predicted molar refractivity (Wildman–Crippen MR) is 118 cm³/mol. The van der Waals surface area contributed by atoms with E-state index >= 15 is 0 Å². The van der Waals surface area contributed by atoms with Gasteiger partial charge in [0.25, 0.3) is 11.8 Å². The number of aryl methyl sites for hydroxylation is 1. The minimum absolute atomic E-state index is 0.261. The number of carbonyl (C=O) groups is 2. The largest absolute Gasteiger partial charge is 0.494 e. The molecule has 0 saturated heterocycles. The summed E-state index contributed by atoms with van der Waals surface area (Å²) in [6, 6.07) is 24.0. The Bertz CT molecular complexity index is 1120. The van der Waals surface area contributed by atoms with Crippen LogP contribution in [-0.2, 0) is 9.59 Å². The van der Waals surface area contributed by atoms with E-state index in [4.69, 9.17) is 4.74 Å². The van der Waals surface area contributed by atoms with Gasteiger partial charge in [-0.05, 0) is 43.7 Å². The minimum Gasteiger partial charge on any atom is -0.494 e. The third kappa shape index (κ3) is 3.70. The van der Waals surface area contributed by atoms with Gasteiger partial charge in [-0.15, -0.1) is 0 Å². The Balaban J connectivity index is 1.79. The molecule has 1 N–H and O–H groups in total. The van der Waals surface area contributed by atoms with Gasteiger partial charge in [-0.3, -0.25) is 9.59 Å². The van der Waals surface area contributed by atoms with Crippen LogP contribution in [-0.4, -0.2) is 18.4 Å². The molecule has 1 aliphatic heterocycles. The first kappa shape index (κ1) is 19.5. The summed E-state index contributed by atoms with van der Waals surface area (Å²) in [6.45, 7) is 4.37. The first-order chi connectivity index (χ1) is 14.6. The zero-order valence-corrected chi connectivity index (χ0v) is 16.9. The summed E-state index contributed by atoms with van der Waals surface area (Å²) in [5.41, 5.74) is 3.60. The van der Waals surface area contributed by atoms with Crippen LogP contribution in [0.25, 0.3) is 5.57 Å². The number of ether oxygens (including phenoxy) is 1. The molecule has 0 aliphatic carbocycles. The number of rotatable bonds is 6. The van der Waals surface area contributed by atoms with Gasteiger partial charge in [0.15, 0.2) is 0 Å². The molecule has 30 heavy (non-hydrogen) atoms. The van der Waals surface area contributed by atoms with Gasteiger partial charge in [-0.1, -0.05) is 54.1 Å². The second-order valence-corrected chi connectivity index (χ2v) is 6.98. The van der Waals surface area contributed by atoms with Crippen molar-refractivity contribution in [2.45, 2.75) is 13.8 Å². The highest BCUT2D eigenvalue weighted by molar-refractivity contribution is 6.46. The minimum atomic E-state index is -0.395. The lowest BCUT2D eigenvalue weighted by molar-refractivity contribution is -0.120. The Labute approximate surface area is 175 Å². The first-order valence-electron chi connectivity index (χ1n) is 9.83. The molecule has 3 aromatic rings. The number of anilines is 2. The smallest absolute Gasteiger partial charge is 0.282 e. The zero-order chi connectivity index (χ0) is 21.1. The highest BCUT2D eigenvalue weighted by Gasteiger charge is 2.40. The standard InChI is InChI=1S/C25H22N2O3/c1-3-30-21-11-7-10-20(16-21)27-24(28)22(18-14-12-17(2)13-15-18)23(25(27)29)26-19-8-5-4-6-9-19/h4-16,26H,3H2,1-2H3. The second-order valence-electron chi connectivity index (χ2n) is 6.98. The third-order valence-electron chi connectivity index (χ3n) is 4.85. The third-order valence-corrected chi connectivity index (χ3v) is 4.85. The molecule has 0 bridgehead atoms. The molecule has 0 atom stereocenters. The van der Waals surface area contributed by atoms with Crippen molar-refractivity contribution in [3.05, 3.63) is 95.7 Å². The molecule has 0 saturated carbocycles. The van der Waals surface area contributed by atoms with E-state index in [0.717, 1.165) is 11.3 Å². The van der Waals surface area contributed by atoms with Crippen LogP contribution in [0.3, 0.4) is 0 Å². The van der Waals surface area contributed by atoms with Crippen molar-refractivity contribution in [1.29, 1.82) is 0 Å². The van der Waals surface area contributed by atoms with Crippen molar-refractivity contribution in [1.82, 2.24) is 0 Å². The van der Waals surface area contributed by atoms with E-state index in [-0.39, 0.29) is 11.6 Å². The molecule has 5 nitrogen and oxygen atoms in total. The zero-order valence-electron chi connectivity index (χ0n) is 16.9. The Morgan fingerprint density at radius 3 is 2.30 bits per heavy atom. The van der Waals surface area contributed by atoms with Crippen LogP contribution in [0.2, 0.25) is 0 Å². The van der Waals surface area contributed by atoms with Crippen LogP contribution < -0.4 is 15.0 Å². The summed E-state index contributed by atoms with van der Waals surface area (Å²) in [5, 5.41) is 3.16. The van der Waals surface area contributed by atoms with Gasteiger partial charge in [-0.25, -0.2) is 4.90 Å². The summed E-state index contributed by atoms with van der Waals surface area (Å²) >= 11 is 0. The summed E-state index contributed by atoms with van der Waals surface area (Å²) in [6.07, 6.45) is 0. The molecule has 4 rings (SSSR count). The summed E-state index contributed by atoms with van der Waals surface area (Å²) in [5.74, 6) is -0.152. The lowest BCUT2D eigenvalue weighted by Gasteiger charge is -2.16. The number of amides is 2. The summed E-state index contributed by atoms with van der Waals surface area (Å²) < 4.78 is 5.55. The van der Waals surface area contributed by atoms with Gasteiger partial charge in [-0.2, -0.15) is 0 Å². The number of nitrogens with zero attached hydrogens (tertiary/aromatic N) is 1. The molecule has 0 aromatic heterocycles. The quantitative estimate of drug-likeness (QED) is 0.607. The average molecular weight is 398 g/mol. The number of para-hydroxylation sites is 1. The highest BCUT2D eigenvalue weighted by Crippen LogP contribution is 2.35. The maximum Gasteiger partial charge on any atom is 0.282 e. The van der Waals surface area contributed by atoms with E-state index < -0.39 is 5.91 Å². The molecule has 0 unspecified atom stereocenters. The van der Waals surface area contributed by atoms with Crippen LogP contribution >= 0.6 is 0 Å². The van der Waals surface area contributed by atoms with Crippen LogP contribution in [0.5, 0.6) is 5.75 Å². The van der Waals surface area contributed by atoms with Crippen molar-refractivity contribution in [2.24, 2.45) is 0 Å². The number of hydrogen-bond acceptors (Lipinski definition) is 4. The molecular formula is C25H22N2O3. The van der Waals surface area contributed by atoms with Crippen molar-refractivity contribution in [3.63, 3.8) is 0 Å². The van der Waals surface area contributed by atoms with Gasteiger partial charge in [0.2, 0.25) is 0 Å². The van der Waals surface area contributed by atoms with Gasteiger partial charge < -0.3 is 10.1 Å². The van der Waals surface area contributed by atoms with E-state index in [1.807, 2.05) is 68.4 Å². The fourth-order valence-corrected chi connectivity index (χ4v) is 3.41. The van der Waals surface area contributed by atoms with Gasteiger partial charge in [0, 0.05) is 11.8 Å². The van der Waals surface area contributed by atoms with Crippen molar-refractivity contribution < 1.29 is 14.3 Å². The van der Waals surface area contributed by atoms with Crippen molar-refractivity contribution >= 4 is 28.8 Å². The van der Waals surface area contributed by atoms with Gasteiger partial charge >= 0.3 is 0 Å². The number of carbonyl (C=O) groups excluding carboxylic acids is 2. The molecule has 1 aliphatic rings. The molecule has 0 fully saturated rings. The highest BCUT2D eigenvalue weighted by atomic mass is 16.5. The molecule has 5 heteroatoms. The van der Waals surface area contributed by atoms with E-state index in [1.54, 1.807) is 24.3 Å². The Kier molecular flexibility index (Phi) is 5.35. The van der Waals surface area contributed by atoms with Crippen LogP contribution in [0.4, 0.5) is 11.4 Å². The monoisotopic (exact) mass is 398 g/mol. The van der Waals surface area contributed by atoms with Crippen molar-refractivity contribution in [2.75, 3.05) is 16.8 Å². The predicted octanol–water partition coefficient (Wildman–Crippen LogP) is 4.79. The van der Waals surface area contributed by atoms with E-state index in [1.165, 1.54) is 4.90 Å². The fraction of sp³-hybridized carbons (Fsp3) is 0.120. The SMILES string of the molecule is CCOc1cccc(N2C(=O)C(Nc3ccccc3)=C(c3ccc(C)cc3)C2=O)c1. The Morgan fingerprint density at radius 1 is 0.867 bits per heavy atom. The number of nitrogens with one attached hydrogen (secondary N) is 1. The summed E-state index contributed by atoms with van der Waals surface area (Å²) in [7, 11) is 0. The molecule has 2 amide bonds. The van der Waals surface area contributed by atoms with E-state index in [2.05, 4.69) is 5.32 Å². The van der Waals surface area contributed by atoms with E-state index in [9.17, 15) is 9.59 Å². The molecular weight excluding hydrogens is 376 g/mol. The first-order valence-corrected chi connectivity index (χ1v) is 9.83. The normalized spacial score (nSPS) is 13.7. The second kappa shape index (κ2) is 8.25. The lowest BCUT2D eigenvalue weighted by Crippen LogP contribution is -2.32. The topological polar surface area (TPSA) is 58.6 Å².